The van der Waals surface area contributed by atoms with Gasteiger partial charge in [0.25, 0.3) is 0 Å². The number of carbonyl (C=O) groups is 1. The molecule has 1 aromatic rings. The second kappa shape index (κ2) is 4.61. The van der Waals surface area contributed by atoms with Crippen molar-refractivity contribution in [2.75, 3.05) is 0 Å². The Morgan fingerprint density at radius 1 is 1.62 bits per heavy atom. The molecule has 0 bridgehead atoms. The highest BCUT2D eigenvalue weighted by atomic mass is 16.5. The maximum absolute atomic E-state index is 10.7. The number of carbonyl (C=O) groups excluding carboxylic acids is 1. The van der Waals surface area contributed by atoms with Crippen LogP contribution in [0, 0.1) is 5.92 Å². The van der Waals surface area contributed by atoms with E-state index in [-0.39, 0.29) is 5.89 Å². The molecule has 1 aliphatic rings. The number of hydrogen-bond donors (Lipinski definition) is 2. The molecular formula is C10H16N4O2. The third kappa shape index (κ3) is 2.38. The topological polar surface area (TPSA) is 94.0 Å². The van der Waals surface area contributed by atoms with Crippen LogP contribution in [0.1, 0.15) is 42.7 Å². The lowest BCUT2D eigenvalue weighted by Gasteiger charge is -2.35. The molecule has 88 valence electrons. The van der Waals surface area contributed by atoms with Crippen LogP contribution >= 0.6 is 0 Å². The minimum absolute atomic E-state index is 0.128. The maximum atomic E-state index is 10.7. The van der Waals surface area contributed by atoms with Crippen LogP contribution in [-0.2, 0) is 6.54 Å². The summed E-state index contributed by atoms with van der Waals surface area (Å²) in [4.78, 5) is 14.6. The Kier molecular flexibility index (Phi) is 3.19. The van der Waals surface area contributed by atoms with Crippen molar-refractivity contribution < 1.29 is 9.32 Å². The first-order valence-electron chi connectivity index (χ1n) is 5.54. The van der Waals surface area contributed by atoms with Crippen LogP contribution < -0.4 is 11.1 Å². The largest absolute Gasteiger partial charge is 0.361 e. The summed E-state index contributed by atoms with van der Waals surface area (Å²) in [5, 5.41) is 6.97. The van der Waals surface area contributed by atoms with Crippen molar-refractivity contribution in [3.8, 4) is 0 Å². The van der Waals surface area contributed by atoms with Crippen LogP contribution in [0.5, 0.6) is 0 Å². The summed E-state index contributed by atoms with van der Waals surface area (Å²) in [6.45, 7) is 2.73. The highest BCUT2D eigenvalue weighted by Crippen LogP contribution is 2.29. The van der Waals surface area contributed by atoms with Crippen molar-refractivity contribution in [3.05, 3.63) is 11.7 Å². The van der Waals surface area contributed by atoms with Crippen LogP contribution in [-0.4, -0.2) is 22.1 Å². The molecule has 2 rings (SSSR count). The van der Waals surface area contributed by atoms with E-state index in [1.165, 1.54) is 19.3 Å². The van der Waals surface area contributed by atoms with E-state index in [4.69, 9.17) is 5.73 Å². The predicted octanol–water partition coefficient (Wildman–Crippen LogP) is 0.447. The molecular weight excluding hydrogens is 208 g/mol. The smallest absolute Gasteiger partial charge is 0.315 e. The zero-order chi connectivity index (χ0) is 11.5. The summed E-state index contributed by atoms with van der Waals surface area (Å²) in [7, 11) is 0. The van der Waals surface area contributed by atoms with Gasteiger partial charge in [-0.3, -0.25) is 4.79 Å². The van der Waals surface area contributed by atoms with Crippen LogP contribution in [0.15, 0.2) is 4.52 Å². The number of aromatic nitrogens is 2. The van der Waals surface area contributed by atoms with E-state index >= 15 is 0 Å². The molecule has 6 nitrogen and oxygen atoms in total. The molecule has 0 atom stereocenters. The number of rotatable bonds is 5. The van der Waals surface area contributed by atoms with Crippen molar-refractivity contribution in [2.24, 2.45) is 11.7 Å². The number of primary amides is 1. The average molecular weight is 224 g/mol. The number of nitrogens with zero attached hydrogens (tertiary/aromatic N) is 2. The molecule has 16 heavy (non-hydrogen) atoms. The summed E-state index contributed by atoms with van der Waals surface area (Å²) in [6, 6.07) is 0.542. The Bertz CT molecular complexity index is 371. The number of hydrogen-bond acceptors (Lipinski definition) is 5. The van der Waals surface area contributed by atoms with E-state index in [0.29, 0.717) is 18.4 Å². The van der Waals surface area contributed by atoms with Gasteiger partial charge in [0.15, 0.2) is 5.82 Å². The first kappa shape index (κ1) is 11.1. The zero-order valence-electron chi connectivity index (χ0n) is 9.27. The molecule has 1 aromatic heterocycles. The van der Waals surface area contributed by atoms with Gasteiger partial charge in [0.1, 0.15) is 0 Å². The van der Waals surface area contributed by atoms with Crippen LogP contribution in [0.2, 0.25) is 0 Å². The summed E-state index contributed by atoms with van der Waals surface area (Å²) >= 11 is 0. The Morgan fingerprint density at radius 2 is 2.38 bits per heavy atom. The summed E-state index contributed by atoms with van der Waals surface area (Å²) in [5.74, 6) is 0.517. The molecule has 0 saturated heterocycles. The summed E-state index contributed by atoms with van der Waals surface area (Å²) in [5.41, 5.74) is 5.00. The molecule has 1 aliphatic carbocycles. The molecule has 0 aliphatic heterocycles. The molecule has 3 N–H and O–H groups in total. The Labute approximate surface area is 93.6 Å². The highest BCUT2D eigenvalue weighted by Gasteiger charge is 2.27. The molecule has 1 fully saturated rings. The number of nitrogens with two attached hydrogens (primary N) is 1. The lowest BCUT2D eigenvalue weighted by Crippen LogP contribution is -2.40. The molecule has 0 aromatic carbocycles. The Morgan fingerprint density at radius 3 is 2.94 bits per heavy atom. The third-order valence-electron chi connectivity index (χ3n) is 3.04. The SMILES string of the molecule is CCC1CC(NCc2noc(C(N)=O)n2)C1. The van der Waals surface area contributed by atoms with Crippen molar-refractivity contribution >= 4 is 5.91 Å². The number of nitrogens with one attached hydrogen (secondary N) is 1. The normalized spacial score (nSPS) is 24.1. The molecule has 0 unspecified atom stereocenters. The minimum Gasteiger partial charge on any atom is -0.361 e. The van der Waals surface area contributed by atoms with Crippen LogP contribution in [0.25, 0.3) is 0 Å². The van der Waals surface area contributed by atoms with Gasteiger partial charge in [0.2, 0.25) is 0 Å². The van der Waals surface area contributed by atoms with Gasteiger partial charge in [0, 0.05) is 6.04 Å². The van der Waals surface area contributed by atoms with Gasteiger partial charge in [-0.15, -0.1) is 0 Å². The van der Waals surface area contributed by atoms with E-state index in [2.05, 4.69) is 26.9 Å². The maximum Gasteiger partial charge on any atom is 0.315 e. The van der Waals surface area contributed by atoms with Crippen molar-refractivity contribution in [2.45, 2.75) is 38.8 Å². The fourth-order valence-electron chi connectivity index (χ4n) is 1.90. The predicted molar refractivity (Wildman–Crippen MR) is 56.5 cm³/mol. The monoisotopic (exact) mass is 224 g/mol. The molecule has 1 heterocycles. The van der Waals surface area contributed by atoms with Gasteiger partial charge in [-0.1, -0.05) is 18.5 Å². The molecule has 1 saturated carbocycles. The van der Waals surface area contributed by atoms with Crippen LogP contribution in [0.3, 0.4) is 0 Å². The fraction of sp³-hybridized carbons (Fsp3) is 0.700. The van der Waals surface area contributed by atoms with Gasteiger partial charge in [-0.2, -0.15) is 4.98 Å². The van der Waals surface area contributed by atoms with Gasteiger partial charge in [-0.05, 0) is 18.8 Å². The van der Waals surface area contributed by atoms with Crippen molar-refractivity contribution in [1.82, 2.24) is 15.5 Å². The van der Waals surface area contributed by atoms with E-state index in [1.54, 1.807) is 0 Å². The molecule has 0 radical (unpaired) electrons. The highest BCUT2D eigenvalue weighted by molar-refractivity contribution is 5.87. The van der Waals surface area contributed by atoms with E-state index in [9.17, 15) is 4.79 Å². The first-order valence-corrected chi connectivity index (χ1v) is 5.54. The molecule has 1 amide bonds. The van der Waals surface area contributed by atoms with E-state index in [0.717, 1.165) is 5.92 Å². The Hall–Kier alpha value is -1.43. The quantitative estimate of drug-likeness (QED) is 0.757. The fourth-order valence-corrected chi connectivity index (χ4v) is 1.90. The molecule has 0 spiro atoms. The van der Waals surface area contributed by atoms with E-state index in [1.807, 2.05) is 0 Å². The van der Waals surface area contributed by atoms with Crippen molar-refractivity contribution in [1.29, 1.82) is 0 Å². The van der Waals surface area contributed by atoms with Crippen molar-refractivity contribution in [3.63, 3.8) is 0 Å². The van der Waals surface area contributed by atoms with Gasteiger partial charge in [0.05, 0.1) is 6.54 Å². The van der Waals surface area contributed by atoms with Gasteiger partial charge < -0.3 is 15.6 Å². The standard InChI is InChI=1S/C10H16N4O2/c1-2-6-3-7(4-6)12-5-8-13-10(9(11)15)16-14-8/h6-7,12H,2-5H2,1H3,(H2,11,15). The zero-order valence-corrected chi connectivity index (χ0v) is 9.27. The lowest BCUT2D eigenvalue weighted by atomic mass is 9.79. The lowest BCUT2D eigenvalue weighted by molar-refractivity contribution is 0.0958. The average Bonchev–Trinajstić information content (AvgIpc) is 2.64. The third-order valence-corrected chi connectivity index (χ3v) is 3.04. The second-order valence-electron chi connectivity index (χ2n) is 4.20. The Balaban J connectivity index is 1.75. The first-order chi connectivity index (χ1) is 7.69. The number of amides is 1. The van der Waals surface area contributed by atoms with Crippen LogP contribution in [0.4, 0.5) is 0 Å². The van der Waals surface area contributed by atoms with Gasteiger partial charge >= 0.3 is 11.8 Å². The van der Waals surface area contributed by atoms with E-state index < -0.39 is 5.91 Å². The second-order valence-corrected chi connectivity index (χ2v) is 4.20. The van der Waals surface area contributed by atoms with Gasteiger partial charge in [-0.25, -0.2) is 0 Å². The summed E-state index contributed by atoms with van der Waals surface area (Å²) < 4.78 is 4.68. The molecule has 6 heteroatoms. The summed E-state index contributed by atoms with van der Waals surface area (Å²) in [6.07, 6.45) is 3.65. The minimum atomic E-state index is -0.687.